The second-order valence-corrected chi connectivity index (χ2v) is 11.3. The summed E-state index contributed by atoms with van der Waals surface area (Å²) in [6.07, 6.45) is 2.12. The van der Waals surface area contributed by atoms with E-state index in [1.807, 2.05) is 48.5 Å². The molecule has 0 aliphatic rings. The minimum Gasteiger partial charge on any atom is -0.491 e. The molecule has 0 aliphatic carbocycles. The molecule has 0 amide bonds. The summed E-state index contributed by atoms with van der Waals surface area (Å²) in [4.78, 5) is 5.85. The van der Waals surface area contributed by atoms with Crippen LogP contribution in [-0.4, -0.2) is 11.2 Å². The molecular weight excluding hydrogens is 452 g/mol. The average Bonchev–Trinajstić information content (AvgIpc) is 3.14. The molecule has 1 heterocycles. The van der Waals surface area contributed by atoms with E-state index in [1.54, 1.807) is 11.3 Å². The molecule has 0 aliphatic heterocycles. The van der Waals surface area contributed by atoms with E-state index in [0.29, 0.717) is 35.9 Å². The van der Waals surface area contributed by atoms with Gasteiger partial charge in [-0.15, -0.1) is 0 Å². The normalized spacial score (nSPS) is 13.2. The highest BCUT2D eigenvalue weighted by Crippen LogP contribution is 2.35. The van der Waals surface area contributed by atoms with Gasteiger partial charge in [-0.2, -0.15) is 5.11 Å². The van der Waals surface area contributed by atoms with Gasteiger partial charge in [-0.05, 0) is 47.9 Å². The highest BCUT2D eigenvalue weighted by molar-refractivity contribution is 7.16. The zero-order valence-corrected chi connectivity index (χ0v) is 21.8. The molecular formula is C29H34N4OS. The van der Waals surface area contributed by atoms with Crippen LogP contribution in [0.4, 0.5) is 11.4 Å². The first kappa shape index (κ1) is 24.9. The molecule has 3 aromatic carbocycles. The summed E-state index contributed by atoms with van der Waals surface area (Å²) in [6.45, 7) is 10.4. The molecule has 0 radical (unpaired) electrons. The van der Waals surface area contributed by atoms with Crippen molar-refractivity contribution in [3.05, 3.63) is 83.2 Å². The van der Waals surface area contributed by atoms with Crippen molar-refractivity contribution >= 4 is 32.9 Å². The van der Waals surface area contributed by atoms with Crippen molar-refractivity contribution < 1.29 is 4.74 Å². The lowest BCUT2D eigenvalue weighted by molar-refractivity contribution is 0.241. The Hall–Kier alpha value is -3.25. The smallest absolute Gasteiger partial charge is 0.191 e. The predicted octanol–water partition coefficient (Wildman–Crippen LogP) is 8.49. The first-order valence-electron chi connectivity index (χ1n) is 12.1. The topological polar surface area (TPSA) is 62.7 Å². The maximum Gasteiger partial charge on any atom is 0.191 e. The zero-order valence-electron chi connectivity index (χ0n) is 21.0. The maximum atomic E-state index is 7.74. The summed E-state index contributed by atoms with van der Waals surface area (Å²) in [5.74, 6) is 1.22. The predicted molar refractivity (Wildman–Crippen MR) is 145 cm³/mol. The quantitative estimate of drug-likeness (QED) is 0.237. The molecule has 4 aromatic rings. The molecule has 1 unspecified atom stereocenters. The van der Waals surface area contributed by atoms with Crippen molar-refractivity contribution in [2.24, 2.45) is 21.4 Å². The Balaban J connectivity index is 1.71. The Morgan fingerprint density at radius 1 is 1.00 bits per heavy atom. The van der Waals surface area contributed by atoms with E-state index in [4.69, 9.17) is 15.3 Å². The van der Waals surface area contributed by atoms with Crippen molar-refractivity contribution in [2.45, 2.75) is 47.1 Å². The van der Waals surface area contributed by atoms with Crippen molar-refractivity contribution in [2.75, 3.05) is 6.61 Å². The number of para-hydroxylation sites is 1. The molecule has 1 N–H and O–H groups in total. The van der Waals surface area contributed by atoms with Crippen LogP contribution in [0.15, 0.2) is 82.9 Å². The Labute approximate surface area is 211 Å². The van der Waals surface area contributed by atoms with Gasteiger partial charge in [0.15, 0.2) is 4.80 Å². The molecule has 4 rings (SSSR count). The molecule has 1 atom stereocenters. The molecule has 0 saturated heterocycles. The van der Waals surface area contributed by atoms with Crippen LogP contribution in [0.5, 0.6) is 5.75 Å². The van der Waals surface area contributed by atoms with E-state index in [-0.39, 0.29) is 0 Å². The van der Waals surface area contributed by atoms with E-state index in [0.717, 1.165) is 33.5 Å². The fourth-order valence-corrected chi connectivity index (χ4v) is 5.49. The second kappa shape index (κ2) is 11.0. The third-order valence-corrected chi connectivity index (χ3v) is 6.92. The number of fused-ring (bicyclic) bond motifs is 1. The van der Waals surface area contributed by atoms with Crippen LogP contribution in [0.25, 0.3) is 10.2 Å². The fourth-order valence-electron chi connectivity index (χ4n) is 4.42. The van der Waals surface area contributed by atoms with E-state index >= 15 is 0 Å². The number of ether oxygens (including phenoxy) is 1. The standard InChI is InChI=1S/C29H34N4OS/c1-21(19-29(2,3)4)15-16-34-26-18-25-27(17-24(26)32-30)35-28(31-23-13-9-6-10-14-23)33(25)20-22-11-7-5-8-12-22/h5-14,17-18,21,30H,15-16,19-20H2,1-4H3. The van der Waals surface area contributed by atoms with Gasteiger partial charge in [-0.1, -0.05) is 87.6 Å². The minimum absolute atomic E-state index is 0.304. The fraction of sp³-hybridized carbons (Fsp3) is 0.345. The third-order valence-electron chi connectivity index (χ3n) is 5.88. The summed E-state index contributed by atoms with van der Waals surface area (Å²) < 4.78 is 9.47. The summed E-state index contributed by atoms with van der Waals surface area (Å²) in [5.41, 5.74) is 11.8. The van der Waals surface area contributed by atoms with Crippen molar-refractivity contribution in [3.8, 4) is 5.75 Å². The van der Waals surface area contributed by atoms with Crippen LogP contribution in [-0.2, 0) is 6.54 Å². The van der Waals surface area contributed by atoms with E-state index < -0.39 is 0 Å². The van der Waals surface area contributed by atoms with Gasteiger partial charge in [0.05, 0.1) is 29.1 Å². The van der Waals surface area contributed by atoms with E-state index in [1.165, 1.54) is 5.56 Å². The Morgan fingerprint density at radius 2 is 1.69 bits per heavy atom. The molecule has 1 aromatic heterocycles. The lowest BCUT2D eigenvalue weighted by atomic mass is 9.84. The molecule has 182 valence electrons. The zero-order chi connectivity index (χ0) is 24.8. The van der Waals surface area contributed by atoms with Gasteiger partial charge in [0.25, 0.3) is 0 Å². The van der Waals surface area contributed by atoms with Gasteiger partial charge >= 0.3 is 0 Å². The van der Waals surface area contributed by atoms with Crippen LogP contribution in [0.3, 0.4) is 0 Å². The van der Waals surface area contributed by atoms with Crippen LogP contribution in [0.2, 0.25) is 0 Å². The molecule has 0 bridgehead atoms. The van der Waals surface area contributed by atoms with Gasteiger partial charge in [-0.3, -0.25) is 0 Å². The lowest BCUT2D eigenvalue weighted by Gasteiger charge is -2.23. The number of hydrogen-bond acceptors (Lipinski definition) is 5. The summed E-state index contributed by atoms with van der Waals surface area (Å²) >= 11 is 1.61. The van der Waals surface area contributed by atoms with Gasteiger partial charge < -0.3 is 9.30 Å². The first-order valence-corrected chi connectivity index (χ1v) is 13.0. The Bertz CT molecular complexity index is 1330. The number of benzene rings is 3. The van der Waals surface area contributed by atoms with Crippen LogP contribution < -0.4 is 9.54 Å². The van der Waals surface area contributed by atoms with Gasteiger partial charge in [0.1, 0.15) is 11.4 Å². The van der Waals surface area contributed by atoms with Crippen LogP contribution in [0.1, 0.15) is 46.1 Å². The highest BCUT2D eigenvalue weighted by Gasteiger charge is 2.17. The van der Waals surface area contributed by atoms with Crippen LogP contribution >= 0.6 is 11.3 Å². The van der Waals surface area contributed by atoms with Crippen molar-refractivity contribution in [1.29, 1.82) is 5.53 Å². The van der Waals surface area contributed by atoms with Gasteiger partial charge in [0, 0.05) is 6.07 Å². The number of nitrogens with zero attached hydrogens (tertiary/aromatic N) is 3. The number of aromatic nitrogens is 1. The summed E-state index contributed by atoms with van der Waals surface area (Å²) in [7, 11) is 0. The summed E-state index contributed by atoms with van der Waals surface area (Å²) in [6, 6.07) is 24.4. The minimum atomic E-state index is 0.304. The first-order chi connectivity index (χ1) is 16.8. The monoisotopic (exact) mass is 486 g/mol. The maximum absolute atomic E-state index is 7.74. The largest absolute Gasteiger partial charge is 0.491 e. The Morgan fingerprint density at radius 3 is 2.34 bits per heavy atom. The average molecular weight is 487 g/mol. The van der Waals surface area contributed by atoms with E-state index in [9.17, 15) is 0 Å². The van der Waals surface area contributed by atoms with E-state index in [2.05, 4.69) is 61.6 Å². The van der Waals surface area contributed by atoms with Gasteiger partial charge in [0.2, 0.25) is 0 Å². The third kappa shape index (κ3) is 6.67. The molecule has 0 saturated carbocycles. The molecule has 6 heteroatoms. The Kier molecular flexibility index (Phi) is 7.81. The van der Waals surface area contributed by atoms with Gasteiger partial charge in [-0.25, -0.2) is 10.5 Å². The van der Waals surface area contributed by atoms with Crippen molar-refractivity contribution in [1.82, 2.24) is 4.57 Å². The lowest BCUT2D eigenvalue weighted by Crippen LogP contribution is -2.15. The highest BCUT2D eigenvalue weighted by atomic mass is 32.1. The second-order valence-electron chi connectivity index (χ2n) is 10.3. The molecule has 0 fully saturated rings. The number of rotatable bonds is 9. The van der Waals surface area contributed by atoms with Crippen LogP contribution in [0, 0.1) is 16.9 Å². The summed E-state index contributed by atoms with van der Waals surface area (Å²) in [5, 5.41) is 3.78. The van der Waals surface area contributed by atoms with Crippen molar-refractivity contribution in [3.63, 3.8) is 0 Å². The number of nitrogens with one attached hydrogen (secondary N) is 1. The molecule has 0 spiro atoms. The SMILES string of the molecule is CC(CCOc1cc2c(cc1N=N)sc(=Nc1ccccc1)n2Cc1ccccc1)CC(C)(C)C. The number of thiazole rings is 1. The number of hydrogen-bond donors (Lipinski definition) is 1. The molecule has 35 heavy (non-hydrogen) atoms. The molecule has 5 nitrogen and oxygen atoms in total.